The summed E-state index contributed by atoms with van der Waals surface area (Å²) in [5.74, 6) is 1.89. The van der Waals surface area contributed by atoms with Crippen molar-refractivity contribution in [2.24, 2.45) is 5.73 Å². The van der Waals surface area contributed by atoms with Crippen LogP contribution in [0.3, 0.4) is 0 Å². The fourth-order valence-corrected chi connectivity index (χ4v) is 3.48. The number of nitrogens with zero attached hydrogens (tertiary/aromatic N) is 1. The first-order chi connectivity index (χ1) is 10.1. The molecule has 0 unspecified atom stereocenters. The van der Waals surface area contributed by atoms with Crippen molar-refractivity contribution in [3.05, 3.63) is 29.3 Å². The summed E-state index contributed by atoms with van der Waals surface area (Å²) in [5.41, 5.74) is 7.20. The standard InChI is InChI=1S/C14H14N2O3S2/c1-8(13(15)17)20-5-10-6-21-14(16-10)9-2-3-11-12(4-9)19-7-18-11/h2-4,6,8H,5,7H2,1H3,(H2,15,17)/t8-/m1/s1. The Labute approximate surface area is 130 Å². The van der Waals surface area contributed by atoms with Gasteiger partial charge < -0.3 is 15.2 Å². The van der Waals surface area contributed by atoms with Crippen molar-refractivity contribution in [3.63, 3.8) is 0 Å². The Bertz CT molecular complexity index is 672. The van der Waals surface area contributed by atoms with Gasteiger partial charge >= 0.3 is 0 Å². The molecule has 1 aromatic carbocycles. The number of thioether (sulfide) groups is 1. The van der Waals surface area contributed by atoms with Gasteiger partial charge in [0.05, 0.1) is 10.9 Å². The van der Waals surface area contributed by atoms with Gasteiger partial charge in [0.1, 0.15) is 5.01 Å². The van der Waals surface area contributed by atoms with Crippen LogP contribution >= 0.6 is 23.1 Å². The van der Waals surface area contributed by atoms with Gasteiger partial charge in [0.15, 0.2) is 11.5 Å². The summed E-state index contributed by atoms with van der Waals surface area (Å²) >= 11 is 3.06. The first kappa shape index (κ1) is 14.2. The summed E-state index contributed by atoms with van der Waals surface area (Å²) in [6, 6.07) is 5.79. The quantitative estimate of drug-likeness (QED) is 0.916. The summed E-state index contributed by atoms with van der Waals surface area (Å²) in [6.07, 6.45) is 0. The van der Waals surface area contributed by atoms with Crippen molar-refractivity contribution in [3.8, 4) is 22.1 Å². The first-order valence-corrected chi connectivity index (χ1v) is 8.31. The highest BCUT2D eigenvalue weighted by Gasteiger charge is 2.16. The number of nitrogens with two attached hydrogens (primary N) is 1. The molecular weight excluding hydrogens is 308 g/mol. The Kier molecular flexibility index (Phi) is 4.03. The number of thiazole rings is 1. The Hall–Kier alpha value is -1.73. The predicted molar refractivity (Wildman–Crippen MR) is 83.6 cm³/mol. The van der Waals surface area contributed by atoms with Gasteiger partial charge in [-0.2, -0.15) is 0 Å². The molecular formula is C14H14N2O3S2. The van der Waals surface area contributed by atoms with Crippen molar-refractivity contribution < 1.29 is 14.3 Å². The zero-order chi connectivity index (χ0) is 14.8. The number of hydrogen-bond donors (Lipinski definition) is 1. The number of rotatable bonds is 5. The number of carbonyl (C=O) groups is 1. The number of hydrogen-bond acceptors (Lipinski definition) is 6. The maximum Gasteiger partial charge on any atom is 0.231 e. The minimum absolute atomic E-state index is 0.208. The highest BCUT2D eigenvalue weighted by molar-refractivity contribution is 7.99. The molecule has 3 rings (SSSR count). The molecule has 1 aliphatic heterocycles. The summed E-state index contributed by atoms with van der Waals surface area (Å²) in [6.45, 7) is 2.07. The van der Waals surface area contributed by atoms with E-state index in [4.69, 9.17) is 15.2 Å². The van der Waals surface area contributed by atoms with Crippen molar-refractivity contribution in [1.29, 1.82) is 0 Å². The number of aromatic nitrogens is 1. The number of primary amides is 1. The van der Waals surface area contributed by atoms with E-state index in [0.29, 0.717) is 5.75 Å². The van der Waals surface area contributed by atoms with Gasteiger partial charge in [-0.05, 0) is 25.1 Å². The fourth-order valence-electron chi connectivity index (χ4n) is 1.83. The van der Waals surface area contributed by atoms with Crippen molar-refractivity contribution in [1.82, 2.24) is 4.98 Å². The molecule has 0 saturated carbocycles. The fraction of sp³-hybridized carbons (Fsp3) is 0.286. The topological polar surface area (TPSA) is 74.4 Å². The molecule has 2 aromatic rings. The summed E-state index contributed by atoms with van der Waals surface area (Å²) < 4.78 is 10.7. The van der Waals surface area contributed by atoms with Gasteiger partial charge in [0.25, 0.3) is 0 Å². The second-order valence-electron chi connectivity index (χ2n) is 4.57. The van der Waals surface area contributed by atoms with E-state index in [9.17, 15) is 4.79 Å². The molecule has 2 N–H and O–H groups in total. The lowest BCUT2D eigenvalue weighted by Gasteiger charge is -2.04. The van der Waals surface area contributed by atoms with E-state index in [-0.39, 0.29) is 18.0 Å². The van der Waals surface area contributed by atoms with Crippen LogP contribution in [-0.4, -0.2) is 22.9 Å². The molecule has 0 fully saturated rings. The first-order valence-electron chi connectivity index (χ1n) is 6.39. The normalized spacial score (nSPS) is 14.1. The number of fused-ring (bicyclic) bond motifs is 1. The Morgan fingerprint density at radius 1 is 1.48 bits per heavy atom. The van der Waals surface area contributed by atoms with E-state index in [1.165, 1.54) is 11.8 Å². The van der Waals surface area contributed by atoms with Gasteiger partial charge in [0, 0.05) is 16.7 Å². The van der Waals surface area contributed by atoms with E-state index < -0.39 is 0 Å². The third-order valence-corrected chi connectivity index (χ3v) is 5.19. The van der Waals surface area contributed by atoms with Crippen molar-refractivity contribution in [2.75, 3.05) is 6.79 Å². The van der Waals surface area contributed by atoms with Crippen LogP contribution in [0.1, 0.15) is 12.6 Å². The zero-order valence-corrected chi connectivity index (χ0v) is 13.0. The predicted octanol–water partition coefficient (Wildman–Crippen LogP) is 2.65. The molecule has 5 nitrogen and oxygen atoms in total. The van der Waals surface area contributed by atoms with Crippen LogP contribution < -0.4 is 15.2 Å². The third kappa shape index (κ3) is 3.14. The molecule has 1 atom stereocenters. The molecule has 0 radical (unpaired) electrons. The summed E-state index contributed by atoms with van der Waals surface area (Å²) in [5, 5.41) is 2.72. The van der Waals surface area contributed by atoms with Gasteiger partial charge in [-0.15, -0.1) is 23.1 Å². The smallest absolute Gasteiger partial charge is 0.231 e. The molecule has 0 aliphatic carbocycles. The lowest BCUT2D eigenvalue weighted by molar-refractivity contribution is -0.117. The minimum atomic E-state index is -0.300. The van der Waals surface area contributed by atoms with Crippen LogP contribution in [0.4, 0.5) is 0 Å². The molecule has 0 saturated heterocycles. The SMILES string of the molecule is C[C@@H](SCc1csc(-c2ccc3c(c2)OCO3)n1)C(N)=O. The van der Waals surface area contributed by atoms with Crippen molar-refractivity contribution >= 4 is 29.0 Å². The maximum absolute atomic E-state index is 11.0. The average molecular weight is 322 g/mol. The lowest BCUT2D eigenvalue weighted by Crippen LogP contribution is -2.22. The van der Waals surface area contributed by atoms with Crippen LogP contribution in [-0.2, 0) is 10.5 Å². The molecule has 0 bridgehead atoms. The Morgan fingerprint density at radius 3 is 3.10 bits per heavy atom. The van der Waals surface area contributed by atoms with Crippen LogP contribution in [0.5, 0.6) is 11.5 Å². The zero-order valence-electron chi connectivity index (χ0n) is 11.4. The van der Waals surface area contributed by atoms with Crippen LogP contribution in [0.25, 0.3) is 10.6 Å². The highest BCUT2D eigenvalue weighted by Crippen LogP contribution is 2.37. The maximum atomic E-state index is 11.0. The van der Waals surface area contributed by atoms with E-state index in [1.54, 1.807) is 18.3 Å². The molecule has 1 amide bonds. The number of benzene rings is 1. The highest BCUT2D eigenvalue weighted by atomic mass is 32.2. The third-order valence-electron chi connectivity index (χ3n) is 3.05. The van der Waals surface area contributed by atoms with Gasteiger partial charge in [0.2, 0.25) is 12.7 Å². The largest absolute Gasteiger partial charge is 0.454 e. The van der Waals surface area contributed by atoms with Crippen LogP contribution in [0, 0.1) is 0 Å². The molecule has 7 heteroatoms. The molecule has 1 aliphatic rings. The van der Waals surface area contributed by atoms with E-state index in [0.717, 1.165) is 27.8 Å². The van der Waals surface area contributed by atoms with E-state index >= 15 is 0 Å². The van der Waals surface area contributed by atoms with Gasteiger partial charge in [-0.3, -0.25) is 4.79 Å². The molecule has 110 valence electrons. The molecule has 1 aromatic heterocycles. The lowest BCUT2D eigenvalue weighted by atomic mass is 10.2. The van der Waals surface area contributed by atoms with Gasteiger partial charge in [-0.25, -0.2) is 4.98 Å². The number of carbonyl (C=O) groups excluding carboxylic acids is 1. The van der Waals surface area contributed by atoms with E-state index in [2.05, 4.69) is 4.98 Å². The van der Waals surface area contributed by atoms with Gasteiger partial charge in [-0.1, -0.05) is 0 Å². The van der Waals surface area contributed by atoms with E-state index in [1.807, 2.05) is 23.6 Å². The molecule has 2 heterocycles. The monoisotopic (exact) mass is 322 g/mol. The van der Waals surface area contributed by atoms with Crippen molar-refractivity contribution in [2.45, 2.75) is 17.9 Å². The summed E-state index contributed by atoms with van der Waals surface area (Å²) in [4.78, 5) is 15.6. The average Bonchev–Trinajstić information content (AvgIpc) is 3.12. The second-order valence-corrected chi connectivity index (χ2v) is 6.75. The minimum Gasteiger partial charge on any atom is -0.454 e. The molecule has 21 heavy (non-hydrogen) atoms. The summed E-state index contributed by atoms with van der Waals surface area (Å²) in [7, 11) is 0. The second kappa shape index (κ2) is 5.95. The number of amides is 1. The van der Waals surface area contributed by atoms with Crippen LogP contribution in [0.15, 0.2) is 23.6 Å². The molecule has 0 spiro atoms. The Morgan fingerprint density at radius 2 is 2.29 bits per heavy atom. The van der Waals surface area contributed by atoms with Crippen LogP contribution in [0.2, 0.25) is 0 Å². The Balaban J connectivity index is 1.71. The number of ether oxygens (including phenoxy) is 2.